The lowest BCUT2D eigenvalue weighted by Crippen LogP contribution is -2.28. The highest BCUT2D eigenvalue weighted by molar-refractivity contribution is 7.33. The highest BCUT2D eigenvalue weighted by atomic mass is 31.1. The lowest BCUT2D eigenvalue weighted by atomic mass is 10.0. The Labute approximate surface area is 193 Å². The van der Waals surface area contributed by atoms with Crippen molar-refractivity contribution in [1.29, 1.82) is 0 Å². The third-order valence-electron chi connectivity index (χ3n) is 4.34. The van der Waals surface area contributed by atoms with Crippen molar-refractivity contribution in [3.63, 3.8) is 0 Å². The summed E-state index contributed by atoms with van der Waals surface area (Å²) in [5.41, 5.74) is 2.66. The molecular weight excluding hydrogens is 448 g/mol. The summed E-state index contributed by atoms with van der Waals surface area (Å²) in [4.78, 5) is 21.6. The molecule has 9 heteroatoms. The molecule has 0 fully saturated rings. The van der Waals surface area contributed by atoms with Crippen LogP contribution in [0.2, 0.25) is 0 Å². The first-order chi connectivity index (χ1) is 15.6. The zero-order valence-electron chi connectivity index (χ0n) is 18.3. The Hall–Kier alpha value is -3.06. The molecule has 0 aromatic heterocycles. The second-order valence-corrected chi connectivity index (χ2v) is 8.25. The molecule has 0 aliphatic rings. The van der Waals surface area contributed by atoms with Crippen LogP contribution in [0.5, 0.6) is 5.75 Å². The molecule has 0 amide bonds. The first kappa shape index (κ1) is 26.2. The van der Waals surface area contributed by atoms with Gasteiger partial charge < -0.3 is 25.2 Å². The van der Waals surface area contributed by atoms with Gasteiger partial charge in [0.25, 0.3) is 5.60 Å². The third-order valence-corrected chi connectivity index (χ3v) is 5.23. The second-order valence-electron chi connectivity index (χ2n) is 7.18. The van der Waals surface area contributed by atoms with Gasteiger partial charge in [0.1, 0.15) is 20.6 Å². The lowest BCUT2D eigenvalue weighted by molar-refractivity contribution is -0.144. The number of nitrogens with two attached hydrogens (primary N) is 1. The maximum atomic E-state index is 14.6. The summed E-state index contributed by atoms with van der Waals surface area (Å²) >= 11 is 0. The SMILES string of the molecule is CCCOC(=O)C(C)N.O=C(O)c1ccc2ccc(C(O)(F)POc3ccccc3)cc2c1. The van der Waals surface area contributed by atoms with Gasteiger partial charge in [-0.05, 0) is 54.4 Å². The maximum Gasteiger partial charge on any atom is 0.335 e. The predicted molar refractivity (Wildman–Crippen MR) is 126 cm³/mol. The fourth-order valence-electron chi connectivity index (χ4n) is 2.59. The number of fused-ring (bicyclic) bond motifs is 1. The van der Waals surface area contributed by atoms with Crippen molar-refractivity contribution in [3.8, 4) is 5.75 Å². The number of carboxylic acids is 1. The molecule has 3 atom stereocenters. The summed E-state index contributed by atoms with van der Waals surface area (Å²) in [7, 11) is -0.850. The molecule has 3 aromatic rings. The molecule has 0 radical (unpaired) electrons. The van der Waals surface area contributed by atoms with Crippen LogP contribution >= 0.6 is 8.81 Å². The minimum atomic E-state index is -2.66. The van der Waals surface area contributed by atoms with Gasteiger partial charge in [0.15, 0.2) is 0 Å². The number of hydrogen-bond donors (Lipinski definition) is 3. The minimum Gasteiger partial charge on any atom is -0.478 e. The van der Waals surface area contributed by atoms with E-state index < -0.39 is 26.4 Å². The molecule has 33 heavy (non-hydrogen) atoms. The van der Waals surface area contributed by atoms with E-state index in [1.807, 2.05) is 6.92 Å². The fourth-order valence-corrected chi connectivity index (χ4v) is 3.26. The number of aromatic carboxylic acids is 1. The maximum absolute atomic E-state index is 14.6. The van der Waals surface area contributed by atoms with Gasteiger partial charge in [-0.2, -0.15) is 4.39 Å². The van der Waals surface area contributed by atoms with Crippen LogP contribution in [0.3, 0.4) is 0 Å². The van der Waals surface area contributed by atoms with Crippen LogP contribution in [-0.2, 0) is 15.1 Å². The van der Waals surface area contributed by atoms with E-state index in [0.29, 0.717) is 17.7 Å². The van der Waals surface area contributed by atoms with Gasteiger partial charge in [-0.1, -0.05) is 43.3 Å². The monoisotopic (exact) mass is 475 g/mol. The minimum absolute atomic E-state index is 0.0202. The van der Waals surface area contributed by atoms with Gasteiger partial charge in [-0.25, -0.2) is 4.79 Å². The summed E-state index contributed by atoms with van der Waals surface area (Å²) in [6.45, 7) is 4.02. The molecular formula is C24H27FNO6P. The molecule has 0 bridgehead atoms. The molecule has 3 rings (SSSR count). The van der Waals surface area contributed by atoms with Crippen LogP contribution in [0.4, 0.5) is 4.39 Å². The van der Waals surface area contributed by atoms with Gasteiger partial charge in [0.2, 0.25) is 0 Å². The van der Waals surface area contributed by atoms with Gasteiger partial charge in [0, 0.05) is 5.56 Å². The van der Waals surface area contributed by atoms with Crippen molar-refractivity contribution >= 4 is 31.5 Å². The number of rotatable bonds is 8. The Morgan fingerprint density at radius 3 is 2.36 bits per heavy atom. The van der Waals surface area contributed by atoms with Gasteiger partial charge in [-0.15, -0.1) is 0 Å². The molecule has 0 aliphatic carbocycles. The second kappa shape index (κ2) is 12.3. The number of alkyl halides is 1. The third kappa shape index (κ3) is 8.09. The quantitative estimate of drug-likeness (QED) is 0.323. The first-order valence-electron chi connectivity index (χ1n) is 10.2. The summed E-state index contributed by atoms with van der Waals surface area (Å²) in [5, 5.41) is 20.4. The lowest BCUT2D eigenvalue weighted by Gasteiger charge is -2.19. The van der Waals surface area contributed by atoms with Crippen LogP contribution < -0.4 is 10.3 Å². The number of aliphatic hydroxyl groups is 1. The van der Waals surface area contributed by atoms with E-state index in [-0.39, 0.29) is 17.1 Å². The molecule has 0 aliphatic heterocycles. The largest absolute Gasteiger partial charge is 0.478 e. The summed E-state index contributed by atoms with van der Waals surface area (Å²) in [6.07, 6.45) is 0.846. The summed E-state index contributed by atoms with van der Waals surface area (Å²) in [5.74, 6) is -0.926. The number of ether oxygens (including phenoxy) is 1. The number of carbonyl (C=O) groups excluding carboxylic acids is 1. The van der Waals surface area contributed by atoms with E-state index in [0.717, 1.165) is 11.8 Å². The molecule has 4 N–H and O–H groups in total. The highest BCUT2D eigenvalue weighted by Gasteiger charge is 2.31. The topological polar surface area (TPSA) is 119 Å². The van der Waals surface area contributed by atoms with Crippen LogP contribution in [0.15, 0.2) is 66.7 Å². The first-order valence-corrected chi connectivity index (χ1v) is 11.1. The standard InChI is InChI=1S/C18H14FO4P.C6H13NO2/c19-18(22,24-23-16-4-2-1-3-5-16)15-9-8-12-6-7-13(17(20)21)10-14(12)11-15;1-3-4-9-6(8)5(2)7/h1-11,22,24H,(H,20,21);5H,3-4,7H2,1-2H3. The van der Waals surface area contributed by atoms with Crippen molar-refractivity contribution in [1.82, 2.24) is 0 Å². The molecule has 0 saturated carbocycles. The van der Waals surface area contributed by atoms with E-state index >= 15 is 0 Å². The number of carbonyl (C=O) groups is 2. The average molecular weight is 475 g/mol. The summed E-state index contributed by atoms with van der Waals surface area (Å²) in [6, 6.07) is 17.2. The number of halogens is 1. The van der Waals surface area contributed by atoms with Crippen molar-refractivity contribution in [2.24, 2.45) is 5.73 Å². The fraction of sp³-hybridized carbons (Fsp3) is 0.250. The Bertz CT molecular complexity index is 1070. The Balaban J connectivity index is 0.000000365. The average Bonchev–Trinajstić information content (AvgIpc) is 2.81. The van der Waals surface area contributed by atoms with E-state index in [1.165, 1.54) is 24.3 Å². The zero-order chi connectivity index (χ0) is 24.4. The van der Waals surface area contributed by atoms with Gasteiger partial charge in [-0.3, -0.25) is 4.79 Å². The molecule has 176 valence electrons. The van der Waals surface area contributed by atoms with E-state index in [2.05, 4.69) is 4.74 Å². The molecule has 3 unspecified atom stereocenters. The number of hydrogen-bond acceptors (Lipinski definition) is 6. The van der Waals surface area contributed by atoms with E-state index in [4.69, 9.17) is 15.4 Å². The molecule has 3 aromatic carbocycles. The van der Waals surface area contributed by atoms with Crippen LogP contribution in [0, 0.1) is 0 Å². The van der Waals surface area contributed by atoms with Gasteiger partial charge in [0.05, 0.1) is 12.2 Å². The van der Waals surface area contributed by atoms with E-state index in [1.54, 1.807) is 49.4 Å². The molecule has 0 spiro atoms. The van der Waals surface area contributed by atoms with Crippen molar-refractivity contribution in [3.05, 3.63) is 77.9 Å². The Morgan fingerprint density at radius 2 is 1.76 bits per heavy atom. The predicted octanol–water partition coefficient (Wildman–Crippen LogP) is 4.57. The highest BCUT2D eigenvalue weighted by Crippen LogP contribution is 2.42. The van der Waals surface area contributed by atoms with Crippen molar-refractivity contribution in [2.75, 3.05) is 6.61 Å². The van der Waals surface area contributed by atoms with Crippen LogP contribution in [-0.4, -0.2) is 34.8 Å². The number of para-hydroxylation sites is 1. The number of esters is 1. The molecule has 7 nitrogen and oxygen atoms in total. The Kier molecular flexibility index (Phi) is 9.73. The van der Waals surface area contributed by atoms with Gasteiger partial charge >= 0.3 is 11.9 Å². The summed E-state index contributed by atoms with van der Waals surface area (Å²) < 4.78 is 24.6. The van der Waals surface area contributed by atoms with Crippen molar-refractivity contribution < 1.29 is 33.5 Å². The number of carboxylic acid groups (broad SMARTS) is 1. The van der Waals surface area contributed by atoms with Crippen molar-refractivity contribution in [2.45, 2.75) is 31.9 Å². The molecule has 0 heterocycles. The number of benzene rings is 3. The molecule has 0 saturated heterocycles. The zero-order valence-corrected chi connectivity index (χ0v) is 19.3. The van der Waals surface area contributed by atoms with Crippen LogP contribution in [0.25, 0.3) is 10.8 Å². The Morgan fingerprint density at radius 1 is 1.09 bits per heavy atom. The smallest absolute Gasteiger partial charge is 0.335 e. The normalized spacial score (nSPS) is 13.6. The van der Waals surface area contributed by atoms with E-state index in [9.17, 15) is 19.1 Å². The van der Waals surface area contributed by atoms with Crippen LogP contribution in [0.1, 0.15) is 36.2 Å².